The number of amides is 1. The maximum Gasteiger partial charge on any atom is 0.222 e. The number of hydrogen-bond donors (Lipinski definition) is 1. The second-order valence-electron chi connectivity index (χ2n) is 4.95. The maximum absolute atomic E-state index is 12.1. The van der Waals surface area contributed by atoms with E-state index in [-0.39, 0.29) is 12.5 Å². The smallest absolute Gasteiger partial charge is 0.222 e. The Morgan fingerprint density at radius 2 is 1.67 bits per heavy atom. The first-order valence-corrected chi connectivity index (χ1v) is 7.61. The van der Waals surface area contributed by atoms with E-state index in [1.165, 1.54) is 19.3 Å². The molecule has 0 aromatic rings. The lowest BCUT2D eigenvalue weighted by atomic mass is 10.1. The summed E-state index contributed by atoms with van der Waals surface area (Å²) in [6.45, 7) is 6.96. The van der Waals surface area contributed by atoms with Crippen LogP contribution in [0.15, 0.2) is 0 Å². The highest BCUT2D eigenvalue weighted by atomic mass is 16.3. The van der Waals surface area contributed by atoms with Crippen molar-refractivity contribution in [3.63, 3.8) is 0 Å². The number of rotatable bonds is 11. The first kappa shape index (κ1) is 17.4. The van der Waals surface area contributed by atoms with Crippen molar-refractivity contribution in [2.45, 2.75) is 78.2 Å². The number of aliphatic hydroxyl groups excluding tert-OH is 1. The van der Waals surface area contributed by atoms with Crippen LogP contribution in [-0.4, -0.2) is 35.1 Å². The molecule has 0 radical (unpaired) electrons. The Balaban J connectivity index is 4.05. The fourth-order valence-corrected chi connectivity index (χ4v) is 2.37. The van der Waals surface area contributed by atoms with E-state index in [1.807, 2.05) is 4.90 Å². The first-order chi connectivity index (χ1) is 8.71. The predicted octanol–water partition coefficient (Wildman–Crippen LogP) is 3.36. The second kappa shape index (κ2) is 11.5. The van der Waals surface area contributed by atoms with Gasteiger partial charge in [-0.25, -0.2) is 0 Å². The Morgan fingerprint density at radius 3 is 2.17 bits per heavy atom. The van der Waals surface area contributed by atoms with Gasteiger partial charge in [0, 0.05) is 19.0 Å². The summed E-state index contributed by atoms with van der Waals surface area (Å²) in [5, 5.41) is 9.07. The average Bonchev–Trinajstić information content (AvgIpc) is 2.38. The van der Waals surface area contributed by atoms with Crippen LogP contribution in [0.25, 0.3) is 0 Å². The van der Waals surface area contributed by atoms with Gasteiger partial charge in [-0.15, -0.1) is 0 Å². The van der Waals surface area contributed by atoms with Gasteiger partial charge in [0.2, 0.25) is 5.91 Å². The summed E-state index contributed by atoms with van der Waals surface area (Å²) in [6.07, 6.45) is 8.45. The van der Waals surface area contributed by atoms with Gasteiger partial charge in [-0.1, -0.05) is 46.5 Å². The monoisotopic (exact) mass is 257 g/mol. The zero-order chi connectivity index (χ0) is 13.8. The van der Waals surface area contributed by atoms with Crippen LogP contribution in [0.5, 0.6) is 0 Å². The maximum atomic E-state index is 12.1. The summed E-state index contributed by atoms with van der Waals surface area (Å²) in [4.78, 5) is 14.0. The van der Waals surface area contributed by atoms with Crippen LogP contribution < -0.4 is 0 Å². The Kier molecular flexibility index (Phi) is 11.2. The fraction of sp³-hybridized carbons (Fsp3) is 0.933. The van der Waals surface area contributed by atoms with Gasteiger partial charge in [0.05, 0.1) is 6.61 Å². The number of hydrogen-bond acceptors (Lipinski definition) is 2. The van der Waals surface area contributed by atoms with Crippen molar-refractivity contribution in [3.05, 3.63) is 0 Å². The minimum Gasteiger partial charge on any atom is -0.395 e. The van der Waals surface area contributed by atoms with Crippen LogP contribution in [-0.2, 0) is 4.79 Å². The van der Waals surface area contributed by atoms with Gasteiger partial charge in [-0.3, -0.25) is 4.79 Å². The molecule has 0 aromatic heterocycles. The van der Waals surface area contributed by atoms with Crippen LogP contribution in [0.1, 0.15) is 72.1 Å². The summed E-state index contributed by atoms with van der Waals surface area (Å²) in [6, 6.07) is 0.292. The van der Waals surface area contributed by atoms with Crippen molar-refractivity contribution in [2.75, 3.05) is 13.2 Å². The van der Waals surface area contributed by atoms with Crippen molar-refractivity contribution in [1.29, 1.82) is 0 Å². The van der Waals surface area contributed by atoms with Crippen LogP contribution in [0.2, 0.25) is 0 Å². The zero-order valence-electron chi connectivity index (χ0n) is 12.5. The topological polar surface area (TPSA) is 40.5 Å². The van der Waals surface area contributed by atoms with Gasteiger partial charge in [-0.05, 0) is 19.3 Å². The summed E-state index contributed by atoms with van der Waals surface area (Å²) in [7, 11) is 0. The molecule has 1 N–H and O–H groups in total. The van der Waals surface area contributed by atoms with Gasteiger partial charge in [-0.2, -0.15) is 0 Å². The molecule has 1 amide bonds. The molecule has 0 heterocycles. The summed E-state index contributed by atoms with van der Waals surface area (Å²) >= 11 is 0. The Morgan fingerprint density at radius 1 is 1.06 bits per heavy atom. The molecular weight excluding hydrogens is 226 g/mol. The highest BCUT2D eigenvalue weighted by Gasteiger charge is 2.19. The van der Waals surface area contributed by atoms with E-state index >= 15 is 0 Å². The minimum absolute atomic E-state index is 0.0675. The molecule has 0 fully saturated rings. The van der Waals surface area contributed by atoms with E-state index in [0.29, 0.717) is 19.0 Å². The summed E-state index contributed by atoms with van der Waals surface area (Å²) in [5.74, 6) is 0.217. The zero-order valence-corrected chi connectivity index (χ0v) is 12.5. The lowest BCUT2D eigenvalue weighted by Gasteiger charge is -2.30. The molecule has 0 aromatic carbocycles. The molecule has 0 atom stereocenters. The van der Waals surface area contributed by atoms with Crippen LogP contribution in [0.4, 0.5) is 0 Å². The largest absolute Gasteiger partial charge is 0.395 e. The third-order valence-corrected chi connectivity index (χ3v) is 3.54. The quantitative estimate of drug-likeness (QED) is 0.577. The van der Waals surface area contributed by atoms with Crippen LogP contribution in [0.3, 0.4) is 0 Å². The van der Waals surface area contributed by atoms with E-state index < -0.39 is 0 Å². The first-order valence-electron chi connectivity index (χ1n) is 7.61. The molecule has 0 aliphatic heterocycles. The third kappa shape index (κ3) is 7.00. The number of nitrogens with zero attached hydrogens (tertiary/aromatic N) is 1. The second-order valence-corrected chi connectivity index (χ2v) is 4.95. The van der Waals surface area contributed by atoms with Gasteiger partial charge >= 0.3 is 0 Å². The summed E-state index contributed by atoms with van der Waals surface area (Å²) < 4.78 is 0. The van der Waals surface area contributed by atoms with Crippen molar-refractivity contribution in [3.8, 4) is 0 Å². The molecule has 0 unspecified atom stereocenters. The van der Waals surface area contributed by atoms with Crippen LogP contribution >= 0.6 is 0 Å². The van der Waals surface area contributed by atoms with E-state index in [0.717, 1.165) is 25.7 Å². The lowest BCUT2D eigenvalue weighted by molar-refractivity contribution is -0.134. The van der Waals surface area contributed by atoms with E-state index in [2.05, 4.69) is 20.8 Å². The normalized spacial score (nSPS) is 10.9. The average molecular weight is 257 g/mol. The molecule has 0 aliphatic carbocycles. The van der Waals surface area contributed by atoms with Gasteiger partial charge < -0.3 is 10.0 Å². The molecular formula is C15H31NO2. The Bertz CT molecular complexity index is 203. The van der Waals surface area contributed by atoms with Crippen molar-refractivity contribution in [2.24, 2.45) is 0 Å². The van der Waals surface area contributed by atoms with Crippen LogP contribution in [0, 0.1) is 0 Å². The van der Waals surface area contributed by atoms with Gasteiger partial charge in [0.15, 0.2) is 0 Å². The van der Waals surface area contributed by atoms with E-state index in [9.17, 15) is 4.79 Å². The highest BCUT2D eigenvalue weighted by molar-refractivity contribution is 5.76. The molecule has 3 nitrogen and oxygen atoms in total. The van der Waals surface area contributed by atoms with Crippen molar-refractivity contribution < 1.29 is 9.90 Å². The molecule has 0 spiro atoms. The fourth-order valence-electron chi connectivity index (χ4n) is 2.37. The van der Waals surface area contributed by atoms with Gasteiger partial charge in [0.1, 0.15) is 0 Å². The third-order valence-electron chi connectivity index (χ3n) is 3.54. The number of carbonyl (C=O) groups is 1. The summed E-state index contributed by atoms with van der Waals surface area (Å²) in [5.41, 5.74) is 0. The van der Waals surface area contributed by atoms with Crippen molar-refractivity contribution >= 4 is 5.91 Å². The molecule has 0 bridgehead atoms. The Hall–Kier alpha value is -0.570. The lowest BCUT2D eigenvalue weighted by Crippen LogP contribution is -2.41. The molecule has 0 saturated carbocycles. The SMILES string of the molecule is CCCCCCCC(=O)N(CCO)C(CC)CC. The molecule has 0 aliphatic rings. The molecule has 0 rings (SSSR count). The van der Waals surface area contributed by atoms with Gasteiger partial charge in [0.25, 0.3) is 0 Å². The van der Waals surface area contributed by atoms with Crippen molar-refractivity contribution in [1.82, 2.24) is 4.90 Å². The highest BCUT2D eigenvalue weighted by Crippen LogP contribution is 2.12. The standard InChI is InChI=1S/C15H31NO2/c1-4-7-8-9-10-11-15(18)16(12-13-17)14(5-2)6-3/h14,17H,4-13H2,1-3H3. The Labute approximate surface area is 113 Å². The molecule has 108 valence electrons. The predicted molar refractivity (Wildman–Crippen MR) is 76.5 cm³/mol. The molecule has 0 saturated heterocycles. The number of carbonyl (C=O) groups excluding carboxylic acids is 1. The van der Waals surface area contributed by atoms with E-state index in [4.69, 9.17) is 5.11 Å². The molecule has 18 heavy (non-hydrogen) atoms. The number of aliphatic hydroxyl groups is 1. The number of unbranched alkanes of at least 4 members (excludes halogenated alkanes) is 4. The van der Waals surface area contributed by atoms with E-state index in [1.54, 1.807) is 0 Å². The minimum atomic E-state index is 0.0675. The molecule has 3 heteroatoms.